The summed E-state index contributed by atoms with van der Waals surface area (Å²) >= 11 is 1.61. The van der Waals surface area contributed by atoms with Crippen molar-refractivity contribution in [3.8, 4) is 0 Å². The van der Waals surface area contributed by atoms with Crippen LogP contribution >= 0.6 is 11.3 Å². The summed E-state index contributed by atoms with van der Waals surface area (Å²) in [4.78, 5) is 21.1. The van der Waals surface area contributed by atoms with Crippen LogP contribution in [0.25, 0.3) is 10.9 Å². The van der Waals surface area contributed by atoms with Crippen LogP contribution in [-0.4, -0.2) is 29.4 Å². The minimum Gasteiger partial charge on any atom is -0.337 e. The SMILES string of the molecule is CN(Cc1cccc2ncccc12)C(=O)c1ccc([C@H]2CCCN2)s1. The lowest BCUT2D eigenvalue weighted by Gasteiger charge is -2.17. The molecule has 4 nitrogen and oxygen atoms in total. The van der Waals surface area contributed by atoms with Crippen LogP contribution in [0, 0.1) is 0 Å². The number of thiophene rings is 1. The summed E-state index contributed by atoms with van der Waals surface area (Å²) in [5.41, 5.74) is 2.09. The maximum absolute atomic E-state index is 12.8. The largest absolute Gasteiger partial charge is 0.337 e. The van der Waals surface area contributed by atoms with Crippen LogP contribution in [0.5, 0.6) is 0 Å². The van der Waals surface area contributed by atoms with E-state index in [4.69, 9.17) is 0 Å². The van der Waals surface area contributed by atoms with Gasteiger partial charge in [-0.3, -0.25) is 9.78 Å². The number of benzene rings is 1. The van der Waals surface area contributed by atoms with Gasteiger partial charge in [-0.1, -0.05) is 18.2 Å². The van der Waals surface area contributed by atoms with E-state index in [-0.39, 0.29) is 5.91 Å². The van der Waals surface area contributed by atoms with E-state index >= 15 is 0 Å². The zero-order valence-electron chi connectivity index (χ0n) is 14.2. The third-order valence-corrected chi connectivity index (χ3v) is 5.92. The second-order valence-corrected chi connectivity index (χ2v) is 7.61. The number of nitrogens with zero attached hydrogens (tertiary/aromatic N) is 2. The molecule has 0 saturated carbocycles. The monoisotopic (exact) mass is 351 g/mol. The molecular formula is C20H21N3OS. The molecule has 5 heteroatoms. The van der Waals surface area contributed by atoms with E-state index in [9.17, 15) is 4.79 Å². The van der Waals surface area contributed by atoms with Gasteiger partial charge in [-0.25, -0.2) is 0 Å². The van der Waals surface area contributed by atoms with Gasteiger partial charge in [-0.2, -0.15) is 0 Å². The number of nitrogens with one attached hydrogen (secondary N) is 1. The number of pyridine rings is 1. The Kier molecular flexibility index (Phi) is 4.51. The fourth-order valence-electron chi connectivity index (χ4n) is 3.40. The molecule has 1 N–H and O–H groups in total. The predicted octanol–water partition coefficient (Wildman–Crippen LogP) is 3.99. The van der Waals surface area contributed by atoms with Crippen molar-refractivity contribution in [2.45, 2.75) is 25.4 Å². The van der Waals surface area contributed by atoms with Crippen LogP contribution in [0.1, 0.15) is 39.0 Å². The summed E-state index contributed by atoms with van der Waals surface area (Å²) < 4.78 is 0. The quantitative estimate of drug-likeness (QED) is 0.773. The van der Waals surface area contributed by atoms with Crippen molar-refractivity contribution in [1.29, 1.82) is 0 Å². The molecular weight excluding hydrogens is 330 g/mol. The number of carbonyl (C=O) groups excluding carboxylic acids is 1. The maximum Gasteiger partial charge on any atom is 0.263 e. The predicted molar refractivity (Wildman–Crippen MR) is 102 cm³/mol. The Hall–Kier alpha value is -2.24. The molecule has 3 heterocycles. The van der Waals surface area contributed by atoms with E-state index in [1.165, 1.54) is 11.3 Å². The van der Waals surface area contributed by atoms with Gasteiger partial charge in [0.1, 0.15) is 0 Å². The van der Waals surface area contributed by atoms with Crippen LogP contribution in [0.3, 0.4) is 0 Å². The average molecular weight is 351 g/mol. The molecule has 4 rings (SSSR count). The lowest BCUT2D eigenvalue weighted by atomic mass is 10.1. The number of aromatic nitrogens is 1. The van der Waals surface area contributed by atoms with E-state index in [1.54, 1.807) is 22.4 Å². The zero-order valence-corrected chi connectivity index (χ0v) is 15.1. The Morgan fingerprint density at radius 3 is 3.04 bits per heavy atom. The molecule has 1 aliphatic heterocycles. The molecule has 0 unspecified atom stereocenters. The van der Waals surface area contributed by atoms with Crippen molar-refractivity contribution in [3.63, 3.8) is 0 Å². The van der Waals surface area contributed by atoms with Crippen LogP contribution in [0.15, 0.2) is 48.7 Å². The maximum atomic E-state index is 12.8. The molecule has 1 amide bonds. The molecule has 0 spiro atoms. The van der Waals surface area contributed by atoms with Gasteiger partial charge in [0.05, 0.1) is 10.4 Å². The van der Waals surface area contributed by atoms with Gasteiger partial charge in [-0.15, -0.1) is 11.3 Å². The number of hydrogen-bond acceptors (Lipinski definition) is 4. The number of hydrogen-bond donors (Lipinski definition) is 1. The van der Waals surface area contributed by atoms with E-state index in [0.717, 1.165) is 34.3 Å². The third-order valence-electron chi connectivity index (χ3n) is 4.73. The molecule has 0 radical (unpaired) electrons. The van der Waals surface area contributed by atoms with Gasteiger partial charge < -0.3 is 10.2 Å². The van der Waals surface area contributed by atoms with Crippen molar-refractivity contribution in [2.24, 2.45) is 0 Å². The van der Waals surface area contributed by atoms with Gasteiger partial charge in [0.15, 0.2) is 0 Å². The van der Waals surface area contributed by atoms with E-state index < -0.39 is 0 Å². The molecule has 1 aromatic carbocycles. The van der Waals surface area contributed by atoms with Gasteiger partial charge in [0, 0.05) is 36.1 Å². The first kappa shape index (κ1) is 16.2. The minimum atomic E-state index is 0.0788. The first-order valence-corrected chi connectivity index (χ1v) is 9.45. The molecule has 2 aromatic heterocycles. The highest BCUT2D eigenvalue weighted by Gasteiger charge is 2.21. The smallest absolute Gasteiger partial charge is 0.263 e. The van der Waals surface area contributed by atoms with Crippen LogP contribution in [0.2, 0.25) is 0 Å². The third kappa shape index (κ3) is 3.30. The number of carbonyl (C=O) groups is 1. The molecule has 1 fully saturated rings. The number of fused-ring (bicyclic) bond motifs is 1. The standard InChI is InChI=1S/C20H21N3OS/c1-23(13-14-5-2-7-16-15(14)6-3-11-21-16)20(24)19-10-9-18(25-19)17-8-4-12-22-17/h2-3,5-7,9-11,17,22H,4,8,12-13H2,1H3/t17-/m1/s1. The van der Waals surface area contributed by atoms with Crippen LogP contribution in [-0.2, 0) is 6.54 Å². The van der Waals surface area contributed by atoms with Crippen LogP contribution in [0.4, 0.5) is 0 Å². The van der Waals surface area contributed by atoms with Crippen molar-refractivity contribution in [2.75, 3.05) is 13.6 Å². The summed E-state index contributed by atoms with van der Waals surface area (Å²) in [6, 6.07) is 14.5. The fourth-order valence-corrected chi connectivity index (χ4v) is 4.52. The van der Waals surface area contributed by atoms with Crippen LogP contribution < -0.4 is 5.32 Å². The first-order chi connectivity index (χ1) is 12.2. The molecule has 1 aliphatic rings. The van der Waals surface area contributed by atoms with Gasteiger partial charge in [0.2, 0.25) is 0 Å². The Morgan fingerprint density at radius 1 is 1.28 bits per heavy atom. The lowest BCUT2D eigenvalue weighted by molar-refractivity contribution is 0.0790. The lowest BCUT2D eigenvalue weighted by Crippen LogP contribution is -2.25. The average Bonchev–Trinajstić information content (AvgIpc) is 3.32. The van der Waals surface area contributed by atoms with Crippen molar-refractivity contribution in [1.82, 2.24) is 15.2 Å². The van der Waals surface area contributed by atoms with Crippen molar-refractivity contribution >= 4 is 28.1 Å². The molecule has 0 aliphatic carbocycles. The van der Waals surface area contributed by atoms with E-state index in [0.29, 0.717) is 12.6 Å². The second-order valence-electron chi connectivity index (χ2n) is 6.50. The van der Waals surface area contributed by atoms with Gasteiger partial charge in [0.25, 0.3) is 5.91 Å². The minimum absolute atomic E-state index is 0.0788. The summed E-state index contributed by atoms with van der Waals surface area (Å²) in [6.45, 7) is 1.65. The Balaban J connectivity index is 1.52. The zero-order chi connectivity index (χ0) is 17.2. The normalized spacial score (nSPS) is 17.1. The first-order valence-electron chi connectivity index (χ1n) is 8.63. The highest BCUT2D eigenvalue weighted by atomic mass is 32.1. The molecule has 25 heavy (non-hydrogen) atoms. The van der Waals surface area contributed by atoms with E-state index in [1.807, 2.05) is 31.3 Å². The Bertz CT molecular complexity index is 893. The number of rotatable bonds is 4. The summed E-state index contributed by atoms with van der Waals surface area (Å²) in [7, 11) is 1.87. The molecule has 3 aromatic rings. The molecule has 0 bridgehead atoms. The summed E-state index contributed by atoms with van der Waals surface area (Å²) in [5, 5.41) is 4.60. The Morgan fingerprint density at radius 2 is 2.20 bits per heavy atom. The second kappa shape index (κ2) is 6.94. The molecule has 1 atom stereocenters. The fraction of sp³-hybridized carbons (Fsp3) is 0.300. The van der Waals surface area contributed by atoms with E-state index in [2.05, 4.69) is 28.5 Å². The van der Waals surface area contributed by atoms with Crippen molar-refractivity contribution < 1.29 is 4.79 Å². The van der Waals surface area contributed by atoms with Gasteiger partial charge in [-0.05, 0) is 49.2 Å². The molecule has 128 valence electrons. The summed E-state index contributed by atoms with van der Waals surface area (Å²) in [6.07, 6.45) is 4.17. The van der Waals surface area contributed by atoms with Crippen molar-refractivity contribution in [3.05, 3.63) is 64.0 Å². The highest BCUT2D eigenvalue weighted by Crippen LogP contribution is 2.30. The number of amides is 1. The highest BCUT2D eigenvalue weighted by molar-refractivity contribution is 7.14. The molecule has 1 saturated heterocycles. The van der Waals surface area contributed by atoms with Gasteiger partial charge >= 0.3 is 0 Å². The Labute approximate surface area is 151 Å². The summed E-state index contributed by atoms with van der Waals surface area (Å²) in [5.74, 6) is 0.0788. The topological polar surface area (TPSA) is 45.2 Å².